The smallest absolute Gasteiger partial charge is 0.255 e. The first kappa shape index (κ1) is 26.0. The van der Waals surface area contributed by atoms with Crippen LogP contribution >= 0.6 is 23.2 Å². The number of likely N-dealkylation sites (tertiary alicyclic amines) is 1. The van der Waals surface area contributed by atoms with Crippen molar-refractivity contribution in [3.63, 3.8) is 0 Å². The van der Waals surface area contributed by atoms with E-state index >= 15 is 0 Å². The average molecular weight is 544 g/mol. The summed E-state index contributed by atoms with van der Waals surface area (Å²) in [7, 11) is -2.35. The number of piperazine rings is 1. The lowest BCUT2D eigenvalue weighted by Gasteiger charge is -2.43. The van der Waals surface area contributed by atoms with Crippen molar-refractivity contribution >= 4 is 44.8 Å². The van der Waals surface area contributed by atoms with Crippen molar-refractivity contribution in [2.24, 2.45) is 0 Å². The van der Waals surface area contributed by atoms with E-state index in [2.05, 4.69) is 9.62 Å². The SMILES string of the molecule is COc1c(Cl)cc(S(=O)(=O)NC(C)(C)C)cc1N1C2CCC1CN(C(=O)c1ccc(F)cc1Cl)C2. The first-order valence-electron chi connectivity index (χ1n) is 11.2. The number of ether oxygens (including phenoxy) is 1. The van der Waals surface area contributed by atoms with Crippen molar-refractivity contribution in [2.45, 2.75) is 56.1 Å². The minimum Gasteiger partial charge on any atom is -0.493 e. The number of anilines is 1. The van der Waals surface area contributed by atoms with E-state index in [0.717, 1.165) is 18.9 Å². The van der Waals surface area contributed by atoms with E-state index in [1.807, 2.05) is 0 Å². The lowest BCUT2D eigenvalue weighted by molar-refractivity contribution is 0.0718. The van der Waals surface area contributed by atoms with Gasteiger partial charge in [-0.1, -0.05) is 23.2 Å². The molecule has 190 valence electrons. The summed E-state index contributed by atoms with van der Waals surface area (Å²) in [6, 6.07) is 6.56. The molecular formula is C24H28Cl2FN3O4S. The maximum absolute atomic E-state index is 13.5. The maximum atomic E-state index is 13.5. The van der Waals surface area contributed by atoms with Gasteiger partial charge in [0.15, 0.2) is 5.75 Å². The van der Waals surface area contributed by atoms with Crippen LogP contribution in [0.25, 0.3) is 0 Å². The predicted molar refractivity (Wildman–Crippen MR) is 135 cm³/mol. The molecule has 2 aromatic carbocycles. The molecule has 2 heterocycles. The van der Waals surface area contributed by atoms with Gasteiger partial charge in [-0.15, -0.1) is 0 Å². The summed E-state index contributed by atoms with van der Waals surface area (Å²) in [5.74, 6) is -0.377. The van der Waals surface area contributed by atoms with Crippen LogP contribution in [0, 0.1) is 5.82 Å². The van der Waals surface area contributed by atoms with Gasteiger partial charge in [-0.25, -0.2) is 17.5 Å². The topological polar surface area (TPSA) is 79.0 Å². The third kappa shape index (κ3) is 5.23. The highest BCUT2D eigenvalue weighted by atomic mass is 35.5. The molecule has 0 radical (unpaired) electrons. The average Bonchev–Trinajstić information content (AvgIpc) is 2.99. The zero-order valence-electron chi connectivity index (χ0n) is 19.9. The number of methoxy groups -OCH3 is 1. The largest absolute Gasteiger partial charge is 0.493 e. The fourth-order valence-electron chi connectivity index (χ4n) is 4.86. The van der Waals surface area contributed by atoms with Crippen molar-refractivity contribution in [3.05, 3.63) is 51.8 Å². The van der Waals surface area contributed by atoms with E-state index in [4.69, 9.17) is 27.9 Å². The van der Waals surface area contributed by atoms with Crippen LogP contribution < -0.4 is 14.4 Å². The minimum absolute atomic E-state index is 0.0456. The van der Waals surface area contributed by atoms with Crippen LogP contribution in [0.2, 0.25) is 10.0 Å². The Hall–Kier alpha value is -2.07. The Bertz CT molecular complexity index is 1250. The van der Waals surface area contributed by atoms with Gasteiger partial charge in [-0.3, -0.25) is 4.79 Å². The molecule has 2 unspecified atom stereocenters. The van der Waals surface area contributed by atoms with Gasteiger partial charge in [0.2, 0.25) is 10.0 Å². The highest BCUT2D eigenvalue weighted by Gasteiger charge is 2.43. The molecule has 2 bridgehead atoms. The van der Waals surface area contributed by atoms with Gasteiger partial charge in [-0.05, 0) is 63.9 Å². The second kappa shape index (κ2) is 9.42. The van der Waals surface area contributed by atoms with Crippen molar-refractivity contribution in [3.8, 4) is 5.75 Å². The van der Waals surface area contributed by atoms with Crippen LogP contribution in [-0.2, 0) is 10.0 Å². The molecule has 2 saturated heterocycles. The summed E-state index contributed by atoms with van der Waals surface area (Å²) in [5.41, 5.74) is 0.162. The van der Waals surface area contributed by atoms with Gasteiger partial charge in [-0.2, -0.15) is 0 Å². The molecule has 1 amide bonds. The lowest BCUT2D eigenvalue weighted by Crippen LogP contribution is -2.55. The van der Waals surface area contributed by atoms with Gasteiger partial charge in [0.1, 0.15) is 5.82 Å². The van der Waals surface area contributed by atoms with E-state index in [1.165, 1.54) is 25.3 Å². The molecule has 2 aromatic rings. The molecule has 11 heteroatoms. The van der Waals surface area contributed by atoms with E-state index in [-0.39, 0.29) is 38.5 Å². The van der Waals surface area contributed by atoms with Gasteiger partial charge >= 0.3 is 0 Å². The van der Waals surface area contributed by atoms with E-state index in [1.54, 1.807) is 31.7 Å². The molecule has 2 atom stereocenters. The third-order valence-electron chi connectivity index (χ3n) is 6.16. The van der Waals surface area contributed by atoms with Gasteiger partial charge in [0.25, 0.3) is 5.91 Å². The van der Waals surface area contributed by atoms with Crippen molar-refractivity contribution in [2.75, 3.05) is 25.1 Å². The summed E-state index contributed by atoms with van der Waals surface area (Å²) < 4.78 is 47.8. The Morgan fingerprint density at radius 3 is 2.26 bits per heavy atom. The van der Waals surface area contributed by atoms with E-state index < -0.39 is 21.4 Å². The molecule has 0 aliphatic carbocycles. The second-order valence-corrected chi connectivity index (χ2v) is 12.4. The number of fused-ring (bicyclic) bond motifs is 2. The molecule has 0 spiro atoms. The highest BCUT2D eigenvalue weighted by Crippen LogP contribution is 2.44. The first-order valence-corrected chi connectivity index (χ1v) is 13.5. The zero-order valence-corrected chi connectivity index (χ0v) is 22.3. The molecule has 35 heavy (non-hydrogen) atoms. The number of nitrogens with one attached hydrogen (secondary N) is 1. The fraction of sp³-hybridized carbons (Fsp3) is 0.458. The standard InChI is InChI=1S/C24H28Cl2FN3O4S/c1-24(2,3)28-35(32,33)17-10-20(26)22(34-4)21(11-17)30-15-6-7-16(30)13-29(12-15)23(31)18-8-5-14(27)9-19(18)25/h5,8-11,15-16,28H,6-7,12-13H2,1-4H3. The minimum atomic E-state index is -3.84. The number of benzene rings is 2. The number of halogens is 3. The number of hydrogen-bond donors (Lipinski definition) is 1. The van der Waals surface area contributed by atoms with Gasteiger partial charge in [0.05, 0.1) is 33.3 Å². The number of rotatable bonds is 5. The number of nitrogens with zero attached hydrogens (tertiary/aromatic N) is 2. The Kier molecular flexibility index (Phi) is 7.00. The molecule has 1 N–H and O–H groups in total. The second-order valence-electron chi connectivity index (χ2n) is 9.94. The molecule has 4 rings (SSSR count). The summed E-state index contributed by atoms with van der Waals surface area (Å²) in [5, 5.41) is 0.262. The Labute approximate surface area is 215 Å². The monoisotopic (exact) mass is 543 g/mol. The molecular weight excluding hydrogens is 516 g/mol. The number of carbonyl (C=O) groups excluding carboxylic acids is 1. The van der Waals surface area contributed by atoms with E-state index in [9.17, 15) is 17.6 Å². The number of sulfonamides is 1. The maximum Gasteiger partial charge on any atom is 0.255 e. The Morgan fingerprint density at radius 2 is 1.71 bits per heavy atom. The van der Waals surface area contributed by atoms with Crippen molar-refractivity contribution < 1.29 is 22.3 Å². The van der Waals surface area contributed by atoms with Crippen LogP contribution in [0.15, 0.2) is 35.2 Å². The lowest BCUT2D eigenvalue weighted by atomic mass is 10.1. The quantitative estimate of drug-likeness (QED) is 0.590. The van der Waals surface area contributed by atoms with Crippen LogP contribution in [-0.4, -0.2) is 57.0 Å². The molecule has 0 saturated carbocycles. The molecule has 2 aliphatic heterocycles. The summed E-state index contributed by atoms with van der Waals surface area (Å²) in [6.45, 7) is 6.10. The highest BCUT2D eigenvalue weighted by molar-refractivity contribution is 7.89. The van der Waals surface area contributed by atoms with Crippen LogP contribution in [0.1, 0.15) is 44.0 Å². The Morgan fingerprint density at radius 1 is 1.09 bits per heavy atom. The number of hydrogen-bond acceptors (Lipinski definition) is 5. The van der Waals surface area contributed by atoms with Gasteiger partial charge in [0, 0.05) is 30.7 Å². The van der Waals surface area contributed by atoms with Crippen LogP contribution in [0.5, 0.6) is 5.75 Å². The van der Waals surface area contributed by atoms with Crippen molar-refractivity contribution in [1.82, 2.24) is 9.62 Å². The molecule has 2 fully saturated rings. The molecule has 7 nitrogen and oxygen atoms in total. The third-order valence-corrected chi connectivity index (χ3v) is 8.49. The summed E-state index contributed by atoms with van der Waals surface area (Å²) in [4.78, 5) is 17.0. The van der Waals surface area contributed by atoms with Crippen molar-refractivity contribution in [1.29, 1.82) is 0 Å². The number of amides is 1. The summed E-state index contributed by atoms with van der Waals surface area (Å²) in [6.07, 6.45) is 1.62. The van der Waals surface area contributed by atoms with E-state index in [0.29, 0.717) is 24.5 Å². The molecule has 2 aliphatic rings. The van der Waals surface area contributed by atoms with Crippen LogP contribution in [0.4, 0.5) is 10.1 Å². The van der Waals surface area contributed by atoms with Gasteiger partial charge < -0.3 is 14.5 Å². The first-order chi connectivity index (χ1) is 16.3. The zero-order chi connectivity index (χ0) is 25.7. The summed E-state index contributed by atoms with van der Waals surface area (Å²) >= 11 is 12.6. The van der Waals surface area contributed by atoms with Crippen LogP contribution in [0.3, 0.4) is 0 Å². The Balaban J connectivity index is 1.66. The normalized spacial score (nSPS) is 20.3. The number of carbonyl (C=O) groups is 1. The molecule has 0 aromatic heterocycles. The fourth-order valence-corrected chi connectivity index (χ4v) is 6.93. The predicted octanol–water partition coefficient (Wildman–Crippen LogP) is 4.71.